The first-order valence-electron chi connectivity index (χ1n) is 15.6. The molecule has 2 rings (SSSR count). The lowest BCUT2D eigenvalue weighted by Gasteiger charge is -2.09. The summed E-state index contributed by atoms with van der Waals surface area (Å²) in [6.45, 7) is 7.37. The number of nitrogens with one attached hydrogen (secondary N) is 1. The minimum atomic E-state index is -0.0131. The lowest BCUT2D eigenvalue weighted by molar-refractivity contribution is -0.00487. The highest BCUT2D eigenvalue weighted by Crippen LogP contribution is 2.17. The van der Waals surface area contributed by atoms with E-state index in [1.807, 2.05) is 31.3 Å². The third-order valence-corrected chi connectivity index (χ3v) is 6.81. The van der Waals surface area contributed by atoms with Crippen LogP contribution >= 0.6 is 0 Å². The predicted molar refractivity (Wildman–Crippen MR) is 166 cm³/mol. The van der Waals surface area contributed by atoms with Crippen LogP contribution in [0.4, 0.5) is 5.69 Å². The first-order valence-corrected chi connectivity index (χ1v) is 15.6. The highest BCUT2D eigenvalue weighted by molar-refractivity contribution is 6.09. The quantitative estimate of drug-likeness (QED) is 0.0889. The minimum absolute atomic E-state index is 0.0131. The smallest absolute Gasteiger partial charge is 0.193 e. The second-order valence-electron chi connectivity index (χ2n) is 10.2. The van der Waals surface area contributed by atoms with Crippen LogP contribution in [0.2, 0.25) is 0 Å². The summed E-state index contributed by atoms with van der Waals surface area (Å²) in [6, 6.07) is 14.6. The van der Waals surface area contributed by atoms with Gasteiger partial charge in [-0.1, -0.05) is 64.7 Å². The van der Waals surface area contributed by atoms with Crippen LogP contribution in [0.3, 0.4) is 0 Å². The van der Waals surface area contributed by atoms with E-state index in [-0.39, 0.29) is 5.78 Å². The Hall–Kier alpha value is -2.45. The van der Waals surface area contributed by atoms with Crippen molar-refractivity contribution in [1.82, 2.24) is 0 Å². The molecule has 0 radical (unpaired) electrons. The first kappa shape index (κ1) is 34.7. The van der Waals surface area contributed by atoms with Crippen LogP contribution in [0, 0.1) is 0 Å². The van der Waals surface area contributed by atoms with Crippen LogP contribution in [0.25, 0.3) is 0 Å². The highest BCUT2D eigenvalue weighted by atomic mass is 16.6. The van der Waals surface area contributed by atoms with E-state index in [2.05, 4.69) is 12.2 Å². The van der Waals surface area contributed by atoms with Gasteiger partial charge < -0.3 is 29.0 Å². The van der Waals surface area contributed by atoms with Crippen LogP contribution < -0.4 is 10.1 Å². The number of carbonyl (C=O) groups is 1. The number of rotatable bonds is 27. The summed E-state index contributed by atoms with van der Waals surface area (Å²) < 4.78 is 28.0. The molecule has 7 nitrogen and oxygen atoms in total. The SMILES string of the molecule is CCCCCCCCCCCCOCCOCCOCCOCCOc1ccc(C(=O)c2ccc(NC)cc2)cc1. The van der Waals surface area contributed by atoms with Crippen LogP contribution in [0.1, 0.15) is 87.1 Å². The summed E-state index contributed by atoms with van der Waals surface area (Å²) in [4.78, 5) is 12.6. The molecular formula is C34H53NO6. The number of anilines is 1. The maximum absolute atomic E-state index is 12.6. The summed E-state index contributed by atoms with van der Waals surface area (Å²) >= 11 is 0. The van der Waals surface area contributed by atoms with E-state index in [0.717, 1.165) is 18.7 Å². The van der Waals surface area contributed by atoms with E-state index in [0.29, 0.717) is 69.7 Å². The molecule has 0 fully saturated rings. The Bertz CT molecular complexity index is 887. The van der Waals surface area contributed by atoms with Gasteiger partial charge in [0.25, 0.3) is 0 Å². The van der Waals surface area contributed by atoms with Crippen molar-refractivity contribution in [3.63, 3.8) is 0 Å². The van der Waals surface area contributed by atoms with Gasteiger partial charge in [-0.2, -0.15) is 0 Å². The number of ether oxygens (including phenoxy) is 5. The average molecular weight is 572 g/mol. The van der Waals surface area contributed by atoms with Crippen molar-refractivity contribution in [2.24, 2.45) is 0 Å². The van der Waals surface area contributed by atoms with Gasteiger partial charge in [-0.15, -0.1) is 0 Å². The van der Waals surface area contributed by atoms with Gasteiger partial charge >= 0.3 is 0 Å². The second-order valence-corrected chi connectivity index (χ2v) is 10.2. The lowest BCUT2D eigenvalue weighted by atomic mass is 10.0. The number of hydrogen-bond donors (Lipinski definition) is 1. The third-order valence-electron chi connectivity index (χ3n) is 6.81. The zero-order valence-corrected chi connectivity index (χ0v) is 25.5. The van der Waals surface area contributed by atoms with E-state index in [1.165, 1.54) is 57.8 Å². The Balaban J connectivity index is 1.32. The van der Waals surface area contributed by atoms with E-state index < -0.39 is 0 Å². The average Bonchev–Trinajstić information content (AvgIpc) is 3.01. The molecule has 0 saturated carbocycles. The van der Waals surface area contributed by atoms with Crippen molar-refractivity contribution in [3.05, 3.63) is 59.7 Å². The molecule has 230 valence electrons. The molecule has 0 spiro atoms. The lowest BCUT2D eigenvalue weighted by Crippen LogP contribution is -2.14. The molecule has 0 bridgehead atoms. The van der Waals surface area contributed by atoms with Crippen molar-refractivity contribution in [2.75, 3.05) is 71.8 Å². The molecule has 0 atom stereocenters. The van der Waals surface area contributed by atoms with E-state index in [9.17, 15) is 4.79 Å². The fourth-order valence-electron chi connectivity index (χ4n) is 4.33. The maximum atomic E-state index is 12.6. The Morgan fingerprint density at radius 2 is 0.951 bits per heavy atom. The Morgan fingerprint density at radius 1 is 0.537 bits per heavy atom. The Labute approximate surface area is 248 Å². The van der Waals surface area contributed by atoms with Crippen molar-refractivity contribution < 1.29 is 28.5 Å². The number of benzene rings is 2. The van der Waals surface area contributed by atoms with Gasteiger partial charge in [0.05, 0.1) is 46.2 Å². The molecule has 41 heavy (non-hydrogen) atoms. The molecular weight excluding hydrogens is 518 g/mol. The van der Waals surface area contributed by atoms with Gasteiger partial charge in [-0.3, -0.25) is 4.79 Å². The van der Waals surface area contributed by atoms with Crippen molar-refractivity contribution in [1.29, 1.82) is 0 Å². The van der Waals surface area contributed by atoms with Crippen molar-refractivity contribution in [2.45, 2.75) is 71.1 Å². The number of carbonyl (C=O) groups excluding carboxylic acids is 1. The van der Waals surface area contributed by atoms with Gasteiger partial charge in [-0.05, 0) is 55.0 Å². The summed E-state index contributed by atoms with van der Waals surface area (Å²) in [6.07, 6.45) is 13.4. The van der Waals surface area contributed by atoms with Gasteiger partial charge in [0, 0.05) is 30.5 Å². The normalized spacial score (nSPS) is 11.1. The van der Waals surface area contributed by atoms with E-state index in [4.69, 9.17) is 23.7 Å². The van der Waals surface area contributed by atoms with Crippen LogP contribution in [0.15, 0.2) is 48.5 Å². The van der Waals surface area contributed by atoms with Crippen LogP contribution in [0.5, 0.6) is 5.75 Å². The topological polar surface area (TPSA) is 75.2 Å². The maximum Gasteiger partial charge on any atom is 0.193 e. The molecule has 0 heterocycles. The van der Waals surface area contributed by atoms with Crippen molar-refractivity contribution in [3.8, 4) is 5.75 Å². The largest absolute Gasteiger partial charge is 0.491 e. The predicted octanol–water partition coefficient (Wildman–Crippen LogP) is 7.33. The van der Waals surface area contributed by atoms with Crippen molar-refractivity contribution >= 4 is 11.5 Å². The zero-order chi connectivity index (χ0) is 29.2. The molecule has 7 heteroatoms. The van der Waals surface area contributed by atoms with Gasteiger partial charge in [0.1, 0.15) is 12.4 Å². The van der Waals surface area contributed by atoms with E-state index >= 15 is 0 Å². The number of ketones is 1. The molecule has 0 saturated heterocycles. The molecule has 0 unspecified atom stereocenters. The summed E-state index contributed by atoms with van der Waals surface area (Å²) in [5, 5.41) is 3.05. The molecule has 2 aromatic carbocycles. The summed E-state index contributed by atoms with van der Waals surface area (Å²) in [5.41, 5.74) is 2.26. The molecule has 0 aliphatic carbocycles. The number of unbranched alkanes of at least 4 members (excludes halogenated alkanes) is 9. The highest BCUT2D eigenvalue weighted by Gasteiger charge is 2.09. The summed E-state index contributed by atoms with van der Waals surface area (Å²) in [7, 11) is 1.85. The second kappa shape index (κ2) is 24.2. The fraction of sp³-hybridized carbons (Fsp3) is 0.618. The Kier molecular flexibility index (Phi) is 20.5. The fourth-order valence-corrected chi connectivity index (χ4v) is 4.33. The summed E-state index contributed by atoms with van der Waals surface area (Å²) in [5.74, 6) is 0.692. The first-order chi connectivity index (χ1) is 20.2. The monoisotopic (exact) mass is 571 g/mol. The molecule has 0 amide bonds. The van der Waals surface area contributed by atoms with Crippen LogP contribution in [-0.2, 0) is 18.9 Å². The minimum Gasteiger partial charge on any atom is -0.491 e. The van der Waals surface area contributed by atoms with Gasteiger partial charge in [0.2, 0.25) is 0 Å². The zero-order valence-electron chi connectivity index (χ0n) is 25.5. The van der Waals surface area contributed by atoms with E-state index in [1.54, 1.807) is 24.3 Å². The Morgan fingerprint density at radius 3 is 1.44 bits per heavy atom. The third kappa shape index (κ3) is 17.2. The van der Waals surface area contributed by atoms with Crippen LogP contribution in [-0.4, -0.2) is 72.3 Å². The molecule has 0 aliphatic heterocycles. The molecule has 0 aliphatic rings. The number of hydrogen-bond acceptors (Lipinski definition) is 7. The van der Waals surface area contributed by atoms with Gasteiger partial charge in [0.15, 0.2) is 5.78 Å². The molecule has 1 N–H and O–H groups in total. The van der Waals surface area contributed by atoms with Gasteiger partial charge in [-0.25, -0.2) is 0 Å². The molecule has 0 aromatic heterocycles. The standard InChI is InChI=1S/C34H53NO6/c1-3-4-5-6-7-8-9-10-11-12-21-37-22-23-38-24-25-39-26-27-40-28-29-41-33-19-15-31(16-20-33)34(36)30-13-17-32(35-2)18-14-30/h13-20,35H,3-12,21-29H2,1-2H3. The molecule has 2 aromatic rings.